The molecular weight excluding hydrogens is 306 g/mol. The molecule has 0 fully saturated rings. The van der Waals surface area contributed by atoms with Crippen molar-refractivity contribution in [3.8, 4) is 5.75 Å². The minimum Gasteiger partial charge on any atom is -0.478 e. The highest BCUT2D eigenvalue weighted by molar-refractivity contribution is 5.84. The van der Waals surface area contributed by atoms with Crippen LogP contribution in [-0.4, -0.2) is 37.4 Å². The minimum atomic E-state index is -4.39. The zero-order valence-electron chi connectivity index (χ0n) is 12.2. The Balaban J connectivity index is 2.38. The van der Waals surface area contributed by atoms with E-state index in [0.717, 1.165) is 0 Å². The van der Waals surface area contributed by atoms with E-state index in [4.69, 9.17) is 4.74 Å². The monoisotopic (exact) mass is 323 g/mol. The van der Waals surface area contributed by atoms with Crippen molar-refractivity contribution >= 4 is 5.91 Å². The van der Waals surface area contributed by atoms with Crippen LogP contribution in [0.15, 0.2) is 24.3 Å². The topological polar surface area (TPSA) is 47.6 Å². The Bertz CT molecular complexity index is 486. The molecule has 1 amide bonds. The highest BCUT2D eigenvalue weighted by atomic mass is 19.4. The normalized spacial score (nSPS) is 12.1. The molecule has 8 heteroatoms. The number of rotatable bonds is 7. The summed E-state index contributed by atoms with van der Waals surface area (Å²) < 4.78 is 58.1. The van der Waals surface area contributed by atoms with Gasteiger partial charge in [-0.3, -0.25) is 4.79 Å². The Kier molecular flexibility index (Phi) is 6.16. The molecule has 0 aliphatic heterocycles. The molecule has 1 N–H and O–H groups in total. The van der Waals surface area contributed by atoms with E-state index in [9.17, 15) is 22.4 Å². The maximum atomic E-state index is 12.8. The van der Waals surface area contributed by atoms with Crippen molar-refractivity contribution in [3.63, 3.8) is 0 Å². The number of ether oxygens (including phenoxy) is 2. The summed E-state index contributed by atoms with van der Waals surface area (Å²) in [6.45, 7) is 1.27. The number of hydrogen-bond donors (Lipinski definition) is 1. The SMILES string of the molecule is CC(C)(Oc1ccc(F)cc1)C(=O)NCCOCC(F)(F)F. The van der Waals surface area contributed by atoms with Gasteiger partial charge >= 0.3 is 6.18 Å². The molecule has 0 aromatic heterocycles. The first kappa shape index (κ1) is 18.2. The molecule has 0 saturated heterocycles. The van der Waals surface area contributed by atoms with Crippen LogP contribution in [-0.2, 0) is 9.53 Å². The number of halogens is 4. The lowest BCUT2D eigenvalue weighted by Crippen LogP contribution is -2.47. The van der Waals surface area contributed by atoms with Gasteiger partial charge in [-0.2, -0.15) is 13.2 Å². The van der Waals surface area contributed by atoms with E-state index >= 15 is 0 Å². The summed E-state index contributed by atoms with van der Waals surface area (Å²) >= 11 is 0. The van der Waals surface area contributed by atoms with Crippen molar-refractivity contribution in [2.24, 2.45) is 0 Å². The van der Waals surface area contributed by atoms with Gasteiger partial charge in [0.2, 0.25) is 0 Å². The molecule has 22 heavy (non-hydrogen) atoms. The Morgan fingerprint density at radius 2 is 1.77 bits per heavy atom. The highest BCUT2D eigenvalue weighted by Gasteiger charge is 2.30. The number of carbonyl (C=O) groups is 1. The second kappa shape index (κ2) is 7.44. The quantitative estimate of drug-likeness (QED) is 0.620. The lowest BCUT2D eigenvalue weighted by atomic mass is 10.1. The maximum absolute atomic E-state index is 12.8. The lowest BCUT2D eigenvalue weighted by Gasteiger charge is -2.25. The van der Waals surface area contributed by atoms with Gasteiger partial charge in [0, 0.05) is 6.54 Å². The van der Waals surface area contributed by atoms with Gasteiger partial charge in [-0.05, 0) is 38.1 Å². The van der Waals surface area contributed by atoms with Gasteiger partial charge in [0.1, 0.15) is 18.2 Å². The first-order valence-electron chi connectivity index (χ1n) is 6.47. The molecule has 0 spiro atoms. The van der Waals surface area contributed by atoms with Crippen LogP contribution in [0, 0.1) is 5.82 Å². The van der Waals surface area contributed by atoms with Gasteiger partial charge in [-0.15, -0.1) is 0 Å². The maximum Gasteiger partial charge on any atom is 0.411 e. The molecule has 1 aromatic carbocycles. The van der Waals surface area contributed by atoms with Gasteiger partial charge in [0.25, 0.3) is 5.91 Å². The van der Waals surface area contributed by atoms with Crippen LogP contribution in [0.3, 0.4) is 0 Å². The van der Waals surface area contributed by atoms with Crippen molar-refractivity contribution < 1.29 is 31.8 Å². The summed E-state index contributed by atoms with van der Waals surface area (Å²) in [7, 11) is 0. The van der Waals surface area contributed by atoms with Crippen LogP contribution >= 0.6 is 0 Å². The fourth-order valence-electron chi connectivity index (χ4n) is 1.48. The molecule has 0 atom stereocenters. The molecule has 0 aliphatic carbocycles. The standard InChI is InChI=1S/C14H17F4NO3/c1-13(2,22-11-5-3-10(15)4-6-11)12(20)19-7-8-21-9-14(16,17)18/h3-6H,7-9H2,1-2H3,(H,19,20). The first-order valence-corrected chi connectivity index (χ1v) is 6.47. The molecule has 0 unspecified atom stereocenters. The van der Waals surface area contributed by atoms with Crippen LogP contribution in [0.5, 0.6) is 5.75 Å². The van der Waals surface area contributed by atoms with E-state index in [0.29, 0.717) is 5.75 Å². The average molecular weight is 323 g/mol. The molecule has 0 radical (unpaired) electrons. The Morgan fingerprint density at radius 1 is 1.18 bits per heavy atom. The number of nitrogens with one attached hydrogen (secondary N) is 1. The summed E-state index contributed by atoms with van der Waals surface area (Å²) in [5, 5.41) is 2.41. The van der Waals surface area contributed by atoms with Gasteiger partial charge in [-0.1, -0.05) is 0 Å². The third kappa shape index (κ3) is 6.75. The second-order valence-electron chi connectivity index (χ2n) is 4.99. The van der Waals surface area contributed by atoms with Gasteiger partial charge in [-0.25, -0.2) is 4.39 Å². The zero-order valence-corrected chi connectivity index (χ0v) is 12.2. The first-order chi connectivity index (χ1) is 10.1. The van der Waals surface area contributed by atoms with Crippen molar-refractivity contribution in [2.75, 3.05) is 19.8 Å². The van der Waals surface area contributed by atoms with E-state index in [2.05, 4.69) is 10.1 Å². The van der Waals surface area contributed by atoms with E-state index in [-0.39, 0.29) is 13.2 Å². The fraction of sp³-hybridized carbons (Fsp3) is 0.500. The second-order valence-corrected chi connectivity index (χ2v) is 4.99. The zero-order chi connectivity index (χ0) is 16.8. The number of alkyl halides is 3. The van der Waals surface area contributed by atoms with Crippen LogP contribution in [0.2, 0.25) is 0 Å². The summed E-state index contributed by atoms with van der Waals surface area (Å²) in [6, 6.07) is 5.12. The van der Waals surface area contributed by atoms with E-state index in [1.54, 1.807) is 0 Å². The van der Waals surface area contributed by atoms with Gasteiger partial charge < -0.3 is 14.8 Å². The Hall–Kier alpha value is -1.83. The van der Waals surface area contributed by atoms with Gasteiger partial charge in [0.15, 0.2) is 5.60 Å². The smallest absolute Gasteiger partial charge is 0.411 e. The molecule has 124 valence electrons. The predicted octanol–water partition coefficient (Wildman–Crippen LogP) is 2.68. The van der Waals surface area contributed by atoms with Crippen LogP contribution in [0.1, 0.15) is 13.8 Å². The van der Waals surface area contributed by atoms with Crippen molar-refractivity contribution in [1.82, 2.24) is 5.32 Å². The highest BCUT2D eigenvalue weighted by Crippen LogP contribution is 2.19. The summed E-state index contributed by atoms with van der Waals surface area (Å²) in [4.78, 5) is 11.9. The van der Waals surface area contributed by atoms with Crippen molar-refractivity contribution in [1.29, 1.82) is 0 Å². The largest absolute Gasteiger partial charge is 0.478 e. The van der Waals surface area contributed by atoms with Crippen molar-refractivity contribution in [3.05, 3.63) is 30.1 Å². The Labute approximate surface area is 125 Å². The third-order valence-electron chi connectivity index (χ3n) is 2.53. The van der Waals surface area contributed by atoms with Crippen LogP contribution in [0.4, 0.5) is 17.6 Å². The number of carbonyl (C=O) groups excluding carboxylic acids is 1. The Morgan fingerprint density at radius 3 is 2.32 bits per heavy atom. The predicted molar refractivity (Wildman–Crippen MR) is 71.0 cm³/mol. The lowest BCUT2D eigenvalue weighted by molar-refractivity contribution is -0.173. The minimum absolute atomic E-state index is 0.0783. The third-order valence-corrected chi connectivity index (χ3v) is 2.53. The molecule has 0 aliphatic rings. The molecule has 4 nitrogen and oxygen atoms in total. The molecule has 1 rings (SSSR count). The summed E-state index contributed by atoms with van der Waals surface area (Å²) in [6.07, 6.45) is -4.39. The fourth-order valence-corrected chi connectivity index (χ4v) is 1.48. The molecule has 0 saturated carbocycles. The number of amides is 1. The van der Waals surface area contributed by atoms with Crippen molar-refractivity contribution in [2.45, 2.75) is 25.6 Å². The molecule has 0 bridgehead atoms. The molecule has 1 aromatic rings. The number of hydrogen-bond acceptors (Lipinski definition) is 3. The van der Waals surface area contributed by atoms with Gasteiger partial charge in [0.05, 0.1) is 6.61 Å². The molecule has 0 heterocycles. The average Bonchev–Trinajstić information content (AvgIpc) is 2.39. The van der Waals surface area contributed by atoms with E-state index < -0.39 is 30.1 Å². The molecular formula is C14H17F4NO3. The van der Waals surface area contributed by atoms with E-state index in [1.165, 1.54) is 38.1 Å². The summed E-state index contributed by atoms with van der Waals surface area (Å²) in [5.41, 5.74) is -1.26. The van der Waals surface area contributed by atoms with Crippen LogP contribution < -0.4 is 10.1 Å². The summed E-state index contributed by atoms with van der Waals surface area (Å²) in [5.74, 6) is -0.654. The van der Waals surface area contributed by atoms with Crippen LogP contribution in [0.25, 0.3) is 0 Å². The number of benzene rings is 1. The van der Waals surface area contributed by atoms with E-state index in [1.807, 2.05) is 0 Å².